The van der Waals surface area contributed by atoms with Crippen LogP contribution in [0.25, 0.3) is 0 Å². The highest BCUT2D eigenvalue weighted by atomic mass is 15.2. The van der Waals surface area contributed by atoms with Crippen LogP contribution in [0.1, 0.15) is 44.9 Å². The Morgan fingerprint density at radius 2 is 1.24 bits per heavy atom. The molecule has 2 heterocycles. The van der Waals surface area contributed by atoms with Crippen molar-refractivity contribution in [2.24, 2.45) is 11.8 Å². The van der Waals surface area contributed by atoms with Crippen molar-refractivity contribution in [1.29, 1.82) is 0 Å². The fourth-order valence-electron chi connectivity index (χ4n) is 4.15. The van der Waals surface area contributed by atoms with Crippen molar-refractivity contribution in [3.63, 3.8) is 0 Å². The Bertz CT molecular complexity index is 221. The summed E-state index contributed by atoms with van der Waals surface area (Å²) in [7, 11) is 0. The molecule has 0 N–H and O–H groups in total. The molecule has 2 saturated heterocycles. The molecule has 0 aromatic rings. The Balaban J connectivity index is 1.40. The van der Waals surface area contributed by atoms with Crippen molar-refractivity contribution in [2.45, 2.75) is 44.9 Å². The Hall–Kier alpha value is -0.0800. The van der Waals surface area contributed by atoms with E-state index < -0.39 is 0 Å². The molecule has 1 aliphatic carbocycles. The van der Waals surface area contributed by atoms with Crippen LogP contribution in [-0.4, -0.2) is 49.1 Å². The zero-order valence-corrected chi connectivity index (χ0v) is 11.2. The van der Waals surface area contributed by atoms with Gasteiger partial charge in [-0.1, -0.05) is 19.3 Å². The first-order valence-corrected chi connectivity index (χ1v) is 7.86. The van der Waals surface area contributed by atoms with E-state index >= 15 is 0 Å². The molecule has 0 radical (unpaired) electrons. The van der Waals surface area contributed by atoms with Crippen molar-refractivity contribution >= 4 is 0 Å². The molecule has 0 aromatic heterocycles. The lowest BCUT2D eigenvalue weighted by molar-refractivity contribution is 0.193. The summed E-state index contributed by atoms with van der Waals surface area (Å²) in [4.78, 5) is 5.45. The van der Waals surface area contributed by atoms with Crippen LogP contribution in [0, 0.1) is 11.8 Å². The van der Waals surface area contributed by atoms with E-state index in [9.17, 15) is 0 Å². The van der Waals surface area contributed by atoms with Crippen molar-refractivity contribution in [1.82, 2.24) is 9.80 Å². The lowest BCUT2D eigenvalue weighted by Crippen LogP contribution is -2.37. The van der Waals surface area contributed by atoms with Crippen LogP contribution in [-0.2, 0) is 0 Å². The van der Waals surface area contributed by atoms with Crippen LogP contribution >= 0.6 is 0 Å². The van der Waals surface area contributed by atoms with Gasteiger partial charge >= 0.3 is 0 Å². The summed E-state index contributed by atoms with van der Waals surface area (Å²) in [6.07, 6.45) is 10.4. The normalized spacial score (nSPS) is 36.0. The third-order valence-electron chi connectivity index (χ3n) is 5.23. The standard InChI is InChI=1S/C15H28N2/c1-4-8-16(9-5-1)10-11-17-12-14-6-2-3-7-15(14)13-17/h14-15H,1-13H2/t14-,15+. The molecule has 3 fully saturated rings. The summed E-state index contributed by atoms with van der Waals surface area (Å²) in [6.45, 7) is 8.23. The van der Waals surface area contributed by atoms with Crippen molar-refractivity contribution < 1.29 is 0 Å². The van der Waals surface area contributed by atoms with E-state index in [1.165, 1.54) is 84.2 Å². The molecule has 2 nitrogen and oxygen atoms in total. The number of piperidine rings is 1. The van der Waals surface area contributed by atoms with Gasteiger partial charge < -0.3 is 9.80 Å². The molecule has 3 aliphatic rings. The predicted octanol–water partition coefficient (Wildman–Crippen LogP) is 2.59. The number of nitrogens with zero attached hydrogens (tertiary/aromatic N) is 2. The van der Waals surface area contributed by atoms with Gasteiger partial charge in [-0.05, 0) is 50.6 Å². The average Bonchev–Trinajstić information content (AvgIpc) is 2.80. The highest BCUT2D eigenvalue weighted by Gasteiger charge is 2.33. The van der Waals surface area contributed by atoms with Crippen molar-refractivity contribution in [3.05, 3.63) is 0 Å². The van der Waals surface area contributed by atoms with Gasteiger partial charge in [0, 0.05) is 26.2 Å². The minimum Gasteiger partial charge on any atom is -0.302 e. The third kappa shape index (κ3) is 3.03. The number of hydrogen-bond donors (Lipinski definition) is 0. The SMILES string of the molecule is C1CCN(CCN2C[C@H]3CCCC[C@H]3C2)CC1. The van der Waals surface area contributed by atoms with Gasteiger partial charge in [-0.3, -0.25) is 0 Å². The maximum atomic E-state index is 2.76. The molecule has 98 valence electrons. The molecule has 2 aliphatic heterocycles. The number of hydrogen-bond acceptors (Lipinski definition) is 2. The van der Waals surface area contributed by atoms with Gasteiger partial charge in [-0.25, -0.2) is 0 Å². The Morgan fingerprint density at radius 1 is 0.647 bits per heavy atom. The van der Waals surface area contributed by atoms with E-state index in [0.717, 1.165) is 11.8 Å². The van der Waals surface area contributed by atoms with E-state index in [-0.39, 0.29) is 0 Å². The molecule has 3 rings (SSSR count). The maximum Gasteiger partial charge on any atom is 0.0110 e. The molecule has 2 heteroatoms. The molecule has 0 unspecified atom stereocenters. The first-order valence-electron chi connectivity index (χ1n) is 7.86. The fourth-order valence-corrected chi connectivity index (χ4v) is 4.15. The Labute approximate surface area is 106 Å². The maximum absolute atomic E-state index is 2.76. The van der Waals surface area contributed by atoms with Crippen LogP contribution in [0.15, 0.2) is 0 Å². The highest BCUT2D eigenvalue weighted by molar-refractivity contribution is 4.87. The summed E-state index contributed by atoms with van der Waals surface area (Å²) in [6, 6.07) is 0. The van der Waals surface area contributed by atoms with Gasteiger partial charge in [0.05, 0.1) is 0 Å². The molecule has 0 bridgehead atoms. The van der Waals surface area contributed by atoms with E-state index in [1.807, 2.05) is 0 Å². The molecule has 0 amide bonds. The summed E-state index contributed by atoms with van der Waals surface area (Å²) >= 11 is 0. The minimum absolute atomic E-state index is 1.06. The summed E-state index contributed by atoms with van der Waals surface area (Å²) in [5, 5.41) is 0. The molecule has 2 atom stereocenters. The van der Waals surface area contributed by atoms with Gasteiger partial charge in [-0.2, -0.15) is 0 Å². The fraction of sp³-hybridized carbons (Fsp3) is 1.00. The van der Waals surface area contributed by atoms with Gasteiger partial charge in [0.25, 0.3) is 0 Å². The summed E-state index contributed by atoms with van der Waals surface area (Å²) in [5.41, 5.74) is 0. The first kappa shape index (κ1) is 12.0. The second kappa shape index (κ2) is 5.71. The van der Waals surface area contributed by atoms with Crippen molar-refractivity contribution in [2.75, 3.05) is 39.3 Å². The molecule has 0 spiro atoms. The smallest absolute Gasteiger partial charge is 0.0110 e. The van der Waals surface area contributed by atoms with Crippen LogP contribution in [0.2, 0.25) is 0 Å². The van der Waals surface area contributed by atoms with Crippen LogP contribution in [0.4, 0.5) is 0 Å². The second-order valence-electron chi connectivity index (χ2n) is 6.47. The predicted molar refractivity (Wildman–Crippen MR) is 72.2 cm³/mol. The zero-order chi connectivity index (χ0) is 11.5. The number of fused-ring (bicyclic) bond motifs is 1. The minimum atomic E-state index is 1.06. The highest BCUT2D eigenvalue weighted by Crippen LogP contribution is 2.35. The molecule has 1 saturated carbocycles. The second-order valence-corrected chi connectivity index (χ2v) is 6.47. The van der Waals surface area contributed by atoms with Crippen LogP contribution < -0.4 is 0 Å². The van der Waals surface area contributed by atoms with E-state index in [0.29, 0.717) is 0 Å². The molecule has 17 heavy (non-hydrogen) atoms. The largest absolute Gasteiger partial charge is 0.302 e. The van der Waals surface area contributed by atoms with Crippen LogP contribution in [0.5, 0.6) is 0 Å². The van der Waals surface area contributed by atoms with Gasteiger partial charge in [0.2, 0.25) is 0 Å². The average molecular weight is 236 g/mol. The van der Waals surface area contributed by atoms with Crippen LogP contribution in [0.3, 0.4) is 0 Å². The number of rotatable bonds is 3. The van der Waals surface area contributed by atoms with Gasteiger partial charge in [0.1, 0.15) is 0 Å². The topological polar surface area (TPSA) is 6.48 Å². The third-order valence-corrected chi connectivity index (χ3v) is 5.23. The lowest BCUT2D eigenvalue weighted by atomic mass is 9.82. The van der Waals surface area contributed by atoms with Crippen molar-refractivity contribution in [3.8, 4) is 0 Å². The zero-order valence-electron chi connectivity index (χ0n) is 11.2. The van der Waals surface area contributed by atoms with Gasteiger partial charge in [-0.15, -0.1) is 0 Å². The Morgan fingerprint density at radius 3 is 1.88 bits per heavy atom. The Kier molecular flexibility index (Phi) is 4.02. The van der Waals surface area contributed by atoms with E-state index in [2.05, 4.69) is 9.80 Å². The molecular formula is C15H28N2. The summed E-state index contributed by atoms with van der Waals surface area (Å²) in [5.74, 6) is 2.12. The quantitative estimate of drug-likeness (QED) is 0.743. The first-order chi connectivity index (χ1) is 8.42. The molecule has 0 aromatic carbocycles. The lowest BCUT2D eigenvalue weighted by Gasteiger charge is -2.28. The molecular weight excluding hydrogens is 208 g/mol. The van der Waals surface area contributed by atoms with Gasteiger partial charge in [0.15, 0.2) is 0 Å². The van der Waals surface area contributed by atoms with E-state index in [4.69, 9.17) is 0 Å². The monoisotopic (exact) mass is 236 g/mol. The van der Waals surface area contributed by atoms with E-state index in [1.54, 1.807) is 0 Å². The summed E-state index contributed by atoms with van der Waals surface area (Å²) < 4.78 is 0. The number of likely N-dealkylation sites (tertiary alicyclic amines) is 2.